The lowest BCUT2D eigenvalue weighted by molar-refractivity contribution is -0.133. The third-order valence-electron chi connectivity index (χ3n) is 4.43. The number of carbonyl (C=O) groups excluding carboxylic acids is 1. The SMILES string of the molecule is Cc1ccc(C2CCCCCN2C(=O)C(C)Sc2nncn2C)o1. The summed E-state index contributed by atoms with van der Waals surface area (Å²) in [6.45, 7) is 4.67. The first-order valence-corrected chi connectivity index (χ1v) is 9.31. The second-order valence-electron chi connectivity index (χ2n) is 6.33. The molecular weight excluding hydrogens is 324 g/mol. The van der Waals surface area contributed by atoms with E-state index in [2.05, 4.69) is 10.2 Å². The summed E-state index contributed by atoms with van der Waals surface area (Å²) in [5.41, 5.74) is 0. The molecule has 6 nitrogen and oxygen atoms in total. The Labute approximate surface area is 146 Å². The van der Waals surface area contributed by atoms with Crippen molar-refractivity contribution in [3.05, 3.63) is 30.0 Å². The summed E-state index contributed by atoms with van der Waals surface area (Å²) in [4.78, 5) is 15.1. The van der Waals surface area contributed by atoms with E-state index in [9.17, 15) is 4.79 Å². The molecule has 1 fully saturated rings. The maximum Gasteiger partial charge on any atom is 0.236 e. The van der Waals surface area contributed by atoms with Gasteiger partial charge in [0.2, 0.25) is 5.91 Å². The van der Waals surface area contributed by atoms with Gasteiger partial charge in [0.25, 0.3) is 0 Å². The van der Waals surface area contributed by atoms with Crippen LogP contribution in [0.1, 0.15) is 50.2 Å². The van der Waals surface area contributed by atoms with Crippen LogP contribution in [0, 0.1) is 6.92 Å². The van der Waals surface area contributed by atoms with E-state index in [1.807, 2.05) is 42.5 Å². The first kappa shape index (κ1) is 17.1. The monoisotopic (exact) mass is 348 g/mol. The second kappa shape index (κ2) is 7.42. The number of thioether (sulfide) groups is 1. The van der Waals surface area contributed by atoms with Crippen LogP contribution in [-0.2, 0) is 11.8 Å². The molecule has 1 aliphatic rings. The third kappa shape index (κ3) is 3.66. The summed E-state index contributed by atoms with van der Waals surface area (Å²) in [5, 5.41) is 8.50. The minimum absolute atomic E-state index is 0.0382. The Hall–Kier alpha value is -1.76. The zero-order valence-corrected chi connectivity index (χ0v) is 15.3. The fourth-order valence-electron chi connectivity index (χ4n) is 3.12. The van der Waals surface area contributed by atoms with Crippen LogP contribution >= 0.6 is 11.8 Å². The molecular formula is C17H24N4O2S. The minimum Gasteiger partial charge on any atom is -0.464 e. The molecule has 24 heavy (non-hydrogen) atoms. The van der Waals surface area contributed by atoms with Crippen molar-refractivity contribution in [1.82, 2.24) is 19.7 Å². The van der Waals surface area contributed by atoms with Gasteiger partial charge in [-0.05, 0) is 38.8 Å². The lowest BCUT2D eigenvalue weighted by Crippen LogP contribution is -2.39. The Morgan fingerprint density at radius 3 is 2.88 bits per heavy atom. The van der Waals surface area contributed by atoms with Gasteiger partial charge in [0, 0.05) is 13.6 Å². The Kier molecular flexibility index (Phi) is 5.28. The molecule has 0 radical (unpaired) electrons. The smallest absolute Gasteiger partial charge is 0.236 e. The zero-order chi connectivity index (χ0) is 17.1. The number of amides is 1. The maximum absolute atomic E-state index is 13.1. The van der Waals surface area contributed by atoms with Crippen LogP contribution in [-0.4, -0.2) is 37.4 Å². The number of hydrogen-bond acceptors (Lipinski definition) is 5. The first-order chi connectivity index (χ1) is 11.6. The van der Waals surface area contributed by atoms with Crippen LogP contribution < -0.4 is 0 Å². The first-order valence-electron chi connectivity index (χ1n) is 8.43. The molecule has 2 unspecified atom stereocenters. The van der Waals surface area contributed by atoms with Crippen molar-refractivity contribution in [2.24, 2.45) is 7.05 Å². The van der Waals surface area contributed by atoms with Crippen LogP contribution in [0.3, 0.4) is 0 Å². The molecule has 0 aromatic carbocycles. The van der Waals surface area contributed by atoms with Gasteiger partial charge in [0.15, 0.2) is 5.16 Å². The summed E-state index contributed by atoms with van der Waals surface area (Å²) in [5.74, 6) is 1.94. The predicted molar refractivity (Wildman–Crippen MR) is 92.7 cm³/mol. The van der Waals surface area contributed by atoms with Crippen LogP contribution in [0.5, 0.6) is 0 Å². The Bertz CT molecular complexity index is 696. The molecule has 0 aliphatic carbocycles. The average Bonchev–Trinajstić information content (AvgIpc) is 3.08. The van der Waals surface area contributed by atoms with Crippen molar-refractivity contribution < 1.29 is 9.21 Å². The highest BCUT2D eigenvalue weighted by Crippen LogP contribution is 2.33. The van der Waals surface area contributed by atoms with Crippen molar-refractivity contribution >= 4 is 17.7 Å². The second-order valence-corrected chi connectivity index (χ2v) is 7.64. The molecule has 0 bridgehead atoms. The molecule has 130 valence electrons. The van der Waals surface area contributed by atoms with E-state index in [1.165, 1.54) is 11.8 Å². The average molecular weight is 348 g/mol. The van der Waals surface area contributed by atoms with Gasteiger partial charge in [-0.2, -0.15) is 0 Å². The van der Waals surface area contributed by atoms with E-state index < -0.39 is 0 Å². The summed E-state index contributed by atoms with van der Waals surface area (Å²) in [6, 6.07) is 4.02. The molecule has 0 N–H and O–H groups in total. The number of nitrogens with zero attached hydrogens (tertiary/aromatic N) is 4. The van der Waals surface area contributed by atoms with Gasteiger partial charge in [0.05, 0.1) is 11.3 Å². The molecule has 0 spiro atoms. The molecule has 2 aromatic rings. The number of rotatable bonds is 4. The van der Waals surface area contributed by atoms with E-state index in [0.717, 1.165) is 48.9 Å². The van der Waals surface area contributed by atoms with Gasteiger partial charge < -0.3 is 13.9 Å². The van der Waals surface area contributed by atoms with Crippen molar-refractivity contribution in [2.75, 3.05) is 6.54 Å². The van der Waals surface area contributed by atoms with Crippen LogP contribution in [0.25, 0.3) is 0 Å². The Balaban J connectivity index is 1.77. The molecule has 1 saturated heterocycles. The lowest BCUT2D eigenvalue weighted by Gasteiger charge is -2.30. The maximum atomic E-state index is 13.1. The molecule has 2 atom stereocenters. The third-order valence-corrected chi connectivity index (χ3v) is 5.56. The number of hydrogen-bond donors (Lipinski definition) is 0. The van der Waals surface area contributed by atoms with Crippen LogP contribution in [0.4, 0.5) is 0 Å². The van der Waals surface area contributed by atoms with E-state index in [1.54, 1.807) is 6.33 Å². The number of aromatic nitrogens is 3. The highest BCUT2D eigenvalue weighted by Gasteiger charge is 2.32. The van der Waals surface area contributed by atoms with E-state index in [-0.39, 0.29) is 17.2 Å². The quantitative estimate of drug-likeness (QED) is 0.793. The number of furan rings is 1. The van der Waals surface area contributed by atoms with Crippen LogP contribution in [0.2, 0.25) is 0 Å². The van der Waals surface area contributed by atoms with Crippen molar-refractivity contribution in [3.8, 4) is 0 Å². The summed E-state index contributed by atoms with van der Waals surface area (Å²) in [6.07, 6.45) is 5.94. The van der Waals surface area contributed by atoms with Gasteiger partial charge in [0.1, 0.15) is 17.8 Å². The van der Waals surface area contributed by atoms with E-state index >= 15 is 0 Å². The fourth-order valence-corrected chi connectivity index (χ4v) is 3.98. The van der Waals surface area contributed by atoms with E-state index in [0.29, 0.717) is 0 Å². The van der Waals surface area contributed by atoms with Gasteiger partial charge in [-0.25, -0.2) is 0 Å². The normalized spacial score (nSPS) is 20.0. The highest BCUT2D eigenvalue weighted by atomic mass is 32.2. The summed E-state index contributed by atoms with van der Waals surface area (Å²) >= 11 is 1.46. The molecule has 1 amide bonds. The number of likely N-dealkylation sites (tertiary alicyclic amines) is 1. The molecule has 3 heterocycles. The largest absolute Gasteiger partial charge is 0.464 e. The van der Waals surface area contributed by atoms with Crippen molar-refractivity contribution in [3.63, 3.8) is 0 Å². The molecule has 1 aliphatic heterocycles. The minimum atomic E-state index is -0.204. The van der Waals surface area contributed by atoms with Crippen molar-refractivity contribution in [1.29, 1.82) is 0 Å². The fraction of sp³-hybridized carbons (Fsp3) is 0.588. The molecule has 0 saturated carbocycles. The lowest BCUT2D eigenvalue weighted by atomic mass is 10.1. The Morgan fingerprint density at radius 2 is 2.21 bits per heavy atom. The summed E-state index contributed by atoms with van der Waals surface area (Å²) in [7, 11) is 1.89. The topological polar surface area (TPSA) is 64.2 Å². The van der Waals surface area contributed by atoms with Gasteiger partial charge in [-0.15, -0.1) is 10.2 Å². The summed E-state index contributed by atoms with van der Waals surface area (Å²) < 4.78 is 7.67. The molecule has 7 heteroatoms. The predicted octanol–water partition coefficient (Wildman–Crippen LogP) is 3.34. The molecule has 3 rings (SSSR count). The van der Waals surface area contributed by atoms with Gasteiger partial charge >= 0.3 is 0 Å². The standard InChI is InChI=1S/C17H24N4O2S/c1-12-8-9-15(23-12)14-7-5-4-6-10-21(14)16(22)13(2)24-17-19-18-11-20(17)3/h8-9,11,13-14H,4-7,10H2,1-3H3. The van der Waals surface area contributed by atoms with Gasteiger partial charge in [-0.3, -0.25) is 4.79 Å². The number of aryl methyl sites for hydroxylation is 2. The Morgan fingerprint density at radius 1 is 1.38 bits per heavy atom. The van der Waals surface area contributed by atoms with E-state index in [4.69, 9.17) is 4.42 Å². The number of carbonyl (C=O) groups is 1. The molecule has 2 aromatic heterocycles. The van der Waals surface area contributed by atoms with Gasteiger partial charge in [-0.1, -0.05) is 24.6 Å². The highest BCUT2D eigenvalue weighted by molar-refractivity contribution is 8.00. The van der Waals surface area contributed by atoms with Crippen LogP contribution in [0.15, 0.2) is 28.0 Å². The zero-order valence-electron chi connectivity index (χ0n) is 14.4. The van der Waals surface area contributed by atoms with Crippen molar-refractivity contribution in [2.45, 2.75) is 56.0 Å².